The molecular weight excluding hydrogens is 214 g/mol. The summed E-state index contributed by atoms with van der Waals surface area (Å²) < 4.78 is 0. The molecule has 1 aromatic carbocycles. The SMILES string of the molecule is C/C=C/C=C/C(=O)Nc1n[nH]c2ccccc12. The highest BCUT2D eigenvalue weighted by Crippen LogP contribution is 2.19. The molecular formula is C13H13N3O. The molecule has 0 unspecified atom stereocenters. The maximum atomic E-state index is 11.5. The number of H-pyrrole nitrogens is 1. The number of rotatable bonds is 3. The fourth-order valence-corrected chi connectivity index (χ4v) is 1.47. The van der Waals surface area contributed by atoms with Crippen molar-refractivity contribution in [2.45, 2.75) is 6.92 Å². The molecule has 86 valence electrons. The third kappa shape index (κ3) is 2.60. The molecule has 0 saturated heterocycles. The number of amides is 1. The second-order valence-corrected chi connectivity index (χ2v) is 3.49. The van der Waals surface area contributed by atoms with Crippen molar-refractivity contribution in [2.24, 2.45) is 0 Å². The molecule has 1 heterocycles. The summed E-state index contributed by atoms with van der Waals surface area (Å²) >= 11 is 0. The largest absolute Gasteiger partial charge is 0.305 e. The summed E-state index contributed by atoms with van der Waals surface area (Å²) in [7, 11) is 0. The van der Waals surface area contributed by atoms with Crippen molar-refractivity contribution < 1.29 is 4.79 Å². The number of hydrogen-bond acceptors (Lipinski definition) is 2. The predicted molar refractivity (Wildman–Crippen MR) is 68.7 cm³/mol. The highest BCUT2D eigenvalue weighted by atomic mass is 16.1. The summed E-state index contributed by atoms with van der Waals surface area (Å²) in [6.45, 7) is 1.89. The zero-order valence-corrected chi connectivity index (χ0v) is 9.47. The summed E-state index contributed by atoms with van der Waals surface area (Å²) in [5, 5.41) is 10.5. The number of nitrogens with one attached hydrogen (secondary N) is 2. The average molecular weight is 227 g/mol. The van der Waals surface area contributed by atoms with Crippen LogP contribution in [0.5, 0.6) is 0 Å². The minimum absolute atomic E-state index is 0.194. The first-order valence-electron chi connectivity index (χ1n) is 5.34. The molecule has 0 saturated carbocycles. The smallest absolute Gasteiger partial charge is 0.249 e. The third-order valence-corrected chi connectivity index (χ3v) is 2.26. The van der Waals surface area contributed by atoms with Gasteiger partial charge in [-0.1, -0.05) is 30.4 Å². The van der Waals surface area contributed by atoms with Crippen LogP contribution >= 0.6 is 0 Å². The molecule has 1 amide bonds. The van der Waals surface area contributed by atoms with Gasteiger partial charge in [-0.15, -0.1) is 0 Å². The van der Waals surface area contributed by atoms with Gasteiger partial charge in [0.05, 0.1) is 5.52 Å². The van der Waals surface area contributed by atoms with Crippen molar-refractivity contribution in [3.8, 4) is 0 Å². The molecule has 17 heavy (non-hydrogen) atoms. The van der Waals surface area contributed by atoms with Crippen LogP contribution in [0.15, 0.2) is 48.6 Å². The van der Waals surface area contributed by atoms with Crippen LogP contribution in [0.25, 0.3) is 10.9 Å². The molecule has 0 atom stereocenters. The van der Waals surface area contributed by atoms with Gasteiger partial charge in [-0.05, 0) is 19.1 Å². The molecule has 2 aromatic rings. The number of benzene rings is 1. The fourth-order valence-electron chi connectivity index (χ4n) is 1.47. The number of aromatic nitrogens is 2. The van der Waals surface area contributed by atoms with E-state index in [4.69, 9.17) is 0 Å². The Morgan fingerprint density at radius 3 is 3.00 bits per heavy atom. The summed E-state index contributed by atoms with van der Waals surface area (Å²) in [5.74, 6) is 0.357. The van der Waals surface area contributed by atoms with Crippen molar-refractivity contribution in [1.29, 1.82) is 0 Å². The number of anilines is 1. The van der Waals surface area contributed by atoms with Gasteiger partial charge in [0.1, 0.15) is 0 Å². The molecule has 0 bridgehead atoms. The predicted octanol–water partition coefficient (Wildman–Crippen LogP) is 2.63. The second-order valence-electron chi connectivity index (χ2n) is 3.49. The van der Waals surface area contributed by atoms with Gasteiger partial charge in [0.25, 0.3) is 0 Å². The van der Waals surface area contributed by atoms with Crippen LogP contribution in [0.4, 0.5) is 5.82 Å². The normalized spacial score (nSPS) is 11.6. The van der Waals surface area contributed by atoms with Crippen molar-refractivity contribution in [1.82, 2.24) is 10.2 Å². The molecule has 4 nitrogen and oxygen atoms in total. The van der Waals surface area contributed by atoms with Gasteiger partial charge < -0.3 is 5.32 Å². The van der Waals surface area contributed by atoms with Crippen molar-refractivity contribution in [3.05, 3.63) is 48.6 Å². The van der Waals surface area contributed by atoms with Gasteiger partial charge in [-0.25, -0.2) is 0 Å². The van der Waals surface area contributed by atoms with Crippen LogP contribution in [0.3, 0.4) is 0 Å². The highest BCUT2D eigenvalue weighted by Gasteiger charge is 2.05. The first-order chi connectivity index (χ1) is 8.31. The number of carbonyl (C=O) groups is 1. The zero-order valence-electron chi connectivity index (χ0n) is 9.47. The number of fused-ring (bicyclic) bond motifs is 1. The van der Waals surface area contributed by atoms with Gasteiger partial charge in [-0.2, -0.15) is 5.10 Å². The number of carbonyl (C=O) groups excluding carboxylic acids is 1. The highest BCUT2D eigenvalue weighted by molar-refractivity contribution is 6.04. The third-order valence-electron chi connectivity index (χ3n) is 2.26. The molecule has 0 spiro atoms. The Labute approximate surface area is 99.0 Å². The second kappa shape index (κ2) is 5.12. The Morgan fingerprint density at radius 1 is 1.35 bits per heavy atom. The van der Waals surface area contributed by atoms with E-state index in [0.717, 1.165) is 10.9 Å². The quantitative estimate of drug-likeness (QED) is 0.625. The molecule has 0 aliphatic rings. The van der Waals surface area contributed by atoms with E-state index in [1.54, 1.807) is 12.2 Å². The molecule has 0 aliphatic heterocycles. The molecule has 1 aromatic heterocycles. The molecule has 2 rings (SSSR count). The number of nitrogens with zero attached hydrogens (tertiary/aromatic N) is 1. The average Bonchev–Trinajstić information content (AvgIpc) is 2.73. The number of allylic oxidation sites excluding steroid dienone is 3. The van der Waals surface area contributed by atoms with Gasteiger partial charge in [-0.3, -0.25) is 9.89 Å². The topological polar surface area (TPSA) is 57.8 Å². The lowest BCUT2D eigenvalue weighted by molar-refractivity contribution is -0.111. The number of para-hydroxylation sites is 1. The van der Waals surface area contributed by atoms with E-state index in [0.29, 0.717) is 5.82 Å². The van der Waals surface area contributed by atoms with E-state index in [-0.39, 0.29) is 5.91 Å². The lowest BCUT2D eigenvalue weighted by atomic mass is 10.2. The van der Waals surface area contributed by atoms with Crippen LogP contribution in [0.1, 0.15) is 6.92 Å². The van der Waals surface area contributed by atoms with Crippen molar-refractivity contribution in [3.63, 3.8) is 0 Å². The first kappa shape index (κ1) is 11.1. The van der Waals surface area contributed by atoms with E-state index < -0.39 is 0 Å². The van der Waals surface area contributed by atoms with E-state index in [2.05, 4.69) is 15.5 Å². The Morgan fingerprint density at radius 2 is 2.18 bits per heavy atom. The maximum absolute atomic E-state index is 11.5. The lowest BCUT2D eigenvalue weighted by Gasteiger charge is -1.96. The Kier molecular flexibility index (Phi) is 3.35. The summed E-state index contributed by atoms with van der Waals surface area (Å²) in [6, 6.07) is 7.64. The van der Waals surface area contributed by atoms with Crippen LogP contribution < -0.4 is 5.32 Å². The number of hydrogen-bond donors (Lipinski definition) is 2. The Bertz CT molecular complexity index is 581. The summed E-state index contributed by atoms with van der Waals surface area (Å²) in [4.78, 5) is 11.5. The van der Waals surface area contributed by atoms with E-state index in [1.807, 2.05) is 37.3 Å². The molecule has 0 radical (unpaired) electrons. The van der Waals surface area contributed by atoms with Gasteiger partial charge in [0.15, 0.2) is 5.82 Å². The summed E-state index contributed by atoms with van der Waals surface area (Å²) in [5.41, 5.74) is 0.903. The van der Waals surface area contributed by atoms with Crippen LogP contribution in [0, 0.1) is 0 Å². The van der Waals surface area contributed by atoms with Crippen LogP contribution in [0.2, 0.25) is 0 Å². The van der Waals surface area contributed by atoms with Crippen molar-refractivity contribution in [2.75, 3.05) is 5.32 Å². The molecule has 4 heteroatoms. The van der Waals surface area contributed by atoms with Crippen LogP contribution in [-0.2, 0) is 4.79 Å². The van der Waals surface area contributed by atoms with Crippen molar-refractivity contribution >= 4 is 22.6 Å². The summed E-state index contributed by atoms with van der Waals surface area (Å²) in [6.07, 6.45) is 6.80. The molecule has 0 fully saturated rings. The van der Waals surface area contributed by atoms with E-state index >= 15 is 0 Å². The lowest BCUT2D eigenvalue weighted by Crippen LogP contribution is -2.08. The minimum atomic E-state index is -0.194. The molecule has 2 N–H and O–H groups in total. The Balaban J connectivity index is 2.16. The van der Waals surface area contributed by atoms with Gasteiger partial charge >= 0.3 is 0 Å². The first-order valence-corrected chi connectivity index (χ1v) is 5.34. The monoisotopic (exact) mass is 227 g/mol. The Hall–Kier alpha value is -2.36. The van der Waals surface area contributed by atoms with E-state index in [1.165, 1.54) is 6.08 Å². The van der Waals surface area contributed by atoms with Gasteiger partial charge in [0, 0.05) is 11.5 Å². The maximum Gasteiger partial charge on any atom is 0.249 e. The van der Waals surface area contributed by atoms with Gasteiger partial charge in [0.2, 0.25) is 5.91 Å². The minimum Gasteiger partial charge on any atom is -0.305 e. The fraction of sp³-hybridized carbons (Fsp3) is 0.0769. The molecule has 0 aliphatic carbocycles. The standard InChI is InChI=1S/C13H13N3O/c1-2-3-4-9-12(17)14-13-10-7-5-6-8-11(10)15-16-13/h2-9H,1H3,(H2,14,15,16,17)/b3-2+,9-4+. The van der Waals surface area contributed by atoms with E-state index in [9.17, 15) is 4.79 Å². The zero-order chi connectivity index (χ0) is 12.1. The number of aromatic amines is 1. The van der Waals surface area contributed by atoms with Crippen LogP contribution in [-0.4, -0.2) is 16.1 Å².